The zero-order valence-corrected chi connectivity index (χ0v) is 22.9. The van der Waals surface area contributed by atoms with Gasteiger partial charge in [0.25, 0.3) is 5.91 Å². The lowest BCUT2D eigenvalue weighted by Gasteiger charge is -2.25. The van der Waals surface area contributed by atoms with Crippen molar-refractivity contribution in [1.82, 2.24) is 14.2 Å². The van der Waals surface area contributed by atoms with Crippen molar-refractivity contribution in [2.24, 2.45) is 0 Å². The zero-order chi connectivity index (χ0) is 25.3. The zero-order valence-electron chi connectivity index (χ0n) is 20.5. The van der Waals surface area contributed by atoms with E-state index in [0.717, 1.165) is 41.7 Å². The summed E-state index contributed by atoms with van der Waals surface area (Å²) in [4.78, 5) is 22.6. The van der Waals surface area contributed by atoms with Crippen LogP contribution in [0.15, 0.2) is 41.3 Å². The quantitative estimate of drug-likeness (QED) is 0.365. The Morgan fingerprint density at radius 3 is 2.34 bits per heavy atom. The number of amides is 1. The second kappa shape index (κ2) is 10.5. The Bertz CT molecular complexity index is 1320. The van der Waals surface area contributed by atoms with Gasteiger partial charge in [-0.3, -0.25) is 9.69 Å². The van der Waals surface area contributed by atoms with E-state index < -0.39 is 10.0 Å². The molecular weight excluding hydrogens is 504 g/mol. The topological polar surface area (TPSA) is 73.8 Å². The standard InChI is InChI=1S/C25H31ClN4O3S2/c1-5-29(6-2)15-16-30(25-27-23-17(3)21(26)13-14-22(23)34-25)24(31)18-7-11-20(12-8-18)35(32,33)28(4)19-9-10-19/h7-8,11-14,19H,5-6,9-10,15-16H2,1-4H3. The number of anilines is 1. The molecule has 0 bridgehead atoms. The van der Waals surface area contributed by atoms with E-state index in [1.165, 1.54) is 27.8 Å². The van der Waals surface area contributed by atoms with Crippen LogP contribution >= 0.6 is 22.9 Å². The number of rotatable bonds is 10. The van der Waals surface area contributed by atoms with Crippen LogP contribution in [0, 0.1) is 6.92 Å². The number of benzene rings is 2. The predicted molar refractivity (Wildman–Crippen MR) is 143 cm³/mol. The number of likely N-dealkylation sites (N-methyl/N-ethyl adjacent to an activating group) is 1. The third-order valence-electron chi connectivity index (χ3n) is 6.59. The molecule has 1 saturated carbocycles. The Kier molecular flexibility index (Phi) is 7.83. The van der Waals surface area contributed by atoms with Crippen LogP contribution in [0.4, 0.5) is 5.13 Å². The number of aryl methyl sites for hydroxylation is 1. The normalized spacial score (nSPS) is 14.3. The van der Waals surface area contributed by atoms with Gasteiger partial charge in [-0.2, -0.15) is 4.31 Å². The molecule has 0 radical (unpaired) electrons. The van der Waals surface area contributed by atoms with Gasteiger partial charge in [0, 0.05) is 36.8 Å². The lowest BCUT2D eigenvalue weighted by atomic mass is 10.2. The van der Waals surface area contributed by atoms with Crippen molar-refractivity contribution in [3.8, 4) is 0 Å². The van der Waals surface area contributed by atoms with Crippen molar-refractivity contribution in [3.05, 3.63) is 52.5 Å². The van der Waals surface area contributed by atoms with Crippen LogP contribution in [0.25, 0.3) is 10.2 Å². The van der Waals surface area contributed by atoms with Crippen molar-refractivity contribution in [2.75, 3.05) is 38.1 Å². The Balaban J connectivity index is 1.65. The number of carbonyl (C=O) groups excluding carboxylic acids is 1. The van der Waals surface area contributed by atoms with Crippen molar-refractivity contribution in [3.63, 3.8) is 0 Å². The monoisotopic (exact) mass is 534 g/mol. The first-order valence-electron chi connectivity index (χ1n) is 11.8. The van der Waals surface area contributed by atoms with E-state index in [0.29, 0.717) is 28.8 Å². The summed E-state index contributed by atoms with van der Waals surface area (Å²) in [5, 5.41) is 1.25. The highest BCUT2D eigenvalue weighted by Gasteiger charge is 2.35. The molecule has 0 aliphatic heterocycles. The maximum Gasteiger partial charge on any atom is 0.260 e. The van der Waals surface area contributed by atoms with Crippen LogP contribution in [0.5, 0.6) is 0 Å². The summed E-state index contributed by atoms with van der Waals surface area (Å²) in [5.41, 5.74) is 2.10. The second-order valence-electron chi connectivity index (χ2n) is 8.78. The van der Waals surface area contributed by atoms with E-state index in [1.807, 2.05) is 19.1 Å². The van der Waals surface area contributed by atoms with Crippen LogP contribution in [0.2, 0.25) is 5.02 Å². The number of hydrogen-bond acceptors (Lipinski definition) is 6. The smallest absolute Gasteiger partial charge is 0.260 e. The SMILES string of the molecule is CCN(CC)CCN(C(=O)c1ccc(S(=O)(=O)N(C)C2CC2)cc1)c1nc2c(C)c(Cl)ccc2s1. The van der Waals surface area contributed by atoms with E-state index in [2.05, 4.69) is 18.7 Å². The molecule has 1 amide bonds. The van der Waals surface area contributed by atoms with Gasteiger partial charge in [0.15, 0.2) is 5.13 Å². The number of fused-ring (bicyclic) bond motifs is 1. The van der Waals surface area contributed by atoms with Gasteiger partial charge in [0.2, 0.25) is 10.0 Å². The number of halogens is 1. The van der Waals surface area contributed by atoms with Gasteiger partial charge in [-0.15, -0.1) is 0 Å². The first kappa shape index (κ1) is 26.0. The Hall–Kier alpha value is -2.04. The van der Waals surface area contributed by atoms with Gasteiger partial charge >= 0.3 is 0 Å². The molecule has 10 heteroatoms. The van der Waals surface area contributed by atoms with E-state index in [4.69, 9.17) is 16.6 Å². The average Bonchev–Trinajstić information content (AvgIpc) is 3.62. The second-order valence-corrected chi connectivity index (χ2v) is 12.2. The molecule has 4 rings (SSSR count). The van der Waals surface area contributed by atoms with Crippen LogP contribution in [0.1, 0.15) is 42.6 Å². The van der Waals surface area contributed by atoms with Gasteiger partial charge in [-0.05, 0) is 74.8 Å². The van der Waals surface area contributed by atoms with Crippen molar-refractivity contribution in [1.29, 1.82) is 0 Å². The van der Waals surface area contributed by atoms with Crippen molar-refractivity contribution in [2.45, 2.75) is 44.6 Å². The fourth-order valence-electron chi connectivity index (χ4n) is 4.00. The van der Waals surface area contributed by atoms with Gasteiger partial charge in [-0.1, -0.05) is 36.8 Å². The lowest BCUT2D eigenvalue weighted by molar-refractivity contribution is 0.0983. The number of nitrogens with zero attached hydrogens (tertiary/aromatic N) is 4. The van der Waals surface area contributed by atoms with Gasteiger partial charge in [-0.25, -0.2) is 13.4 Å². The summed E-state index contributed by atoms with van der Waals surface area (Å²) in [5.74, 6) is -0.209. The minimum Gasteiger partial charge on any atom is -0.302 e. The summed E-state index contributed by atoms with van der Waals surface area (Å²) in [6, 6.07) is 10.1. The summed E-state index contributed by atoms with van der Waals surface area (Å²) in [6.45, 7) is 9.05. The number of sulfonamides is 1. The molecular formula is C25H31ClN4O3S2. The van der Waals surface area contributed by atoms with E-state index in [-0.39, 0.29) is 16.8 Å². The van der Waals surface area contributed by atoms with Crippen molar-refractivity contribution < 1.29 is 13.2 Å². The minimum absolute atomic E-state index is 0.0767. The average molecular weight is 535 g/mol. The number of thiazole rings is 1. The molecule has 1 aromatic heterocycles. The lowest BCUT2D eigenvalue weighted by Crippen LogP contribution is -2.39. The van der Waals surface area contributed by atoms with E-state index in [9.17, 15) is 13.2 Å². The van der Waals surface area contributed by atoms with Crippen LogP contribution in [-0.4, -0.2) is 67.8 Å². The Morgan fingerprint density at radius 1 is 1.09 bits per heavy atom. The van der Waals surface area contributed by atoms with Gasteiger partial charge in [0.1, 0.15) is 0 Å². The third kappa shape index (κ3) is 5.39. The highest BCUT2D eigenvalue weighted by molar-refractivity contribution is 7.89. The maximum absolute atomic E-state index is 13.7. The molecule has 1 fully saturated rings. The van der Waals surface area contributed by atoms with Crippen LogP contribution < -0.4 is 4.90 Å². The molecule has 0 unspecified atom stereocenters. The van der Waals surface area contributed by atoms with Crippen molar-refractivity contribution >= 4 is 54.2 Å². The highest BCUT2D eigenvalue weighted by Crippen LogP contribution is 2.34. The maximum atomic E-state index is 13.7. The molecule has 1 aliphatic carbocycles. The van der Waals surface area contributed by atoms with E-state index in [1.54, 1.807) is 24.1 Å². The summed E-state index contributed by atoms with van der Waals surface area (Å²) in [7, 11) is -1.95. The fourth-order valence-corrected chi connectivity index (χ4v) is 6.61. The van der Waals surface area contributed by atoms with E-state index >= 15 is 0 Å². The largest absolute Gasteiger partial charge is 0.302 e. The molecule has 3 aromatic rings. The minimum atomic E-state index is -3.57. The predicted octanol–water partition coefficient (Wildman–Crippen LogP) is 5.03. The fraction of sp³-hybridized carbons (Fsp3) is 0.440. The summed E-state index contributed by atoms with van der Waals surface area (Å²) in [6.07, 6.45) is 1.78. The first-order valence-corrected chi connectivity index (χ1v) is 14.5. The molecule has 35 heavy (non-hydrogen) atoms. The Morgan fingerprint density at radius 2 is 1.74 bits per heavy atom. The van der Waals surface area contributed by atoms with Crippen LogP contribution in [0.3, 0.4) is 0 Å². The summed E-state index contributed by atoms with van der Waals surface area (Å²) < 4.78 is 28.1. The molecule has 1 aliphatic rings. The van der Waals surface area contributed by atoms with Crippen LogP contribution in [-0.2, 0) is 10.0 Å². The first-order chi connectivity index (χ1) is 16.7. The number of hydrogen-bond donors (Lipinski definition) is 0. The highest BCUT2D eigenvalue weighted by atomic mass is 35.5. The molecule has 2 aromatic carbocycles. The molecule has 0 N–H and O–H groups in total. The Labute approximate surface area is 216 Å². The number of aromatic nitrogens is 1. The summed E-state index contributed by atoms with van der Waals surface area (Å²) >= 11 is 7.75. The molecule has 0 spiro atoms. The molecule has 1 heterocycles. The third-order valence-corrected chi connectivity index (χ3v) is 9.96. The molecule has 7 nitrogen and oxygen atoms in total. The van der Waals surface area contributed by atoms with Gasteiger partial charge in [0.05, 0.1) is 15.1 Å². The molecule has 0 saturated heterocycles. The molecule has 188 valence electrons. The van der Waals surface area contributed by atoms with Gasteiger partial charge < -0.3 is 4.90 Å². The number of carbonyl (C=O) groups is 1. The molecule has 0 atom stereocenters.